The summed E-state index contributed by atoms with van der Waals surface area (Å²) >= 11 is 6.08. The number of rotatable bonds is 2. The fourth-order valence-corrected chi connectivity index (χ4v) is 2.72. The van der Waals surface area contributed by atoms with Crippen molar-refractivity contribution in [2.24, 2.45) is 0 Å². The second kappa shape index (κ2) is 4.49. The molecule has 17 heavy (non-hydrogen) atoms. The highest BCUT2D eigenvalue weighted by atomic mass is 35.5. The van der Waals surface area contributed by atoms with Crippen LogP contribution in [-0.2, 0) is 15.0 Å². The molecule has 0 spiro atoms. The van der Waals surface area contributed by atoms with E-state index < -0.39 is 11.4 Å². The van der Waals surface area contributed by atoms with Gasteiger partial charge in [-0.15, -0.1) is 0 Å². The van der Waals surface area contributed by atoms with E-state index in [0.29, 0.717) is 36.3 Å². The molecule has 0 radical (unpaired) electrons. The molecule has 4 heteroatoms. The van der Waals surface area contributed by atoms with Crippen LogP contribution in [0.15, 0.2) is 24.3 Å². The molecule has 1 aliphatic carbocycles. The summed E-state index contributed by atoms with van der Waals surface area (Å²) in [6.45, 7) is 0. The van der Waals surface area contributed by atoms with Crippen LogP contribution in [0.4, 0.5) is 0 Å². The molecule has 1 aliphatic rings. The predicted octanol–water partition coefficient (Wildman–Crippen LogP) is 2.81. The van der Waals surface area contributed by atoms with E-state index in [2.05, 4.69) is 0 Å². The zero-order chi connectivity index (χ0) is 12.5. The molecule has 90 valence electrons. The van der Waals surface area contributed by atoms with Gasteiger partial charge >= 0.3 is 5.97 Å². The van der Waals surface area contributed by atoms with E-state index in [-0.39, 0.29) is 5.78 Å². The molecular formula is C13H13ClO3. The molecule has 0 aliphatic heterocycles. The maximum Gasteiger partial charge on any atom is 0.314 e. The summed E-state index contributed by atoms with van der Waals surface area (Å²) in [5, 5.41) is 9.95. The molecule has 1 aromatic carbocycles. The number of carbonyl (C=O) groups excluding carboxylic acids is 1. The largest absolute Gasteiger partial charge is 0.481 e. The Kier molecular flexibility index (Phi) is 3.20. The molecule has 0 amide bonds. The molecule has 1 saturated carbocycles. The maximum absolute atomic E-state index is 11.6. The van der Waals surface area contributed by atoms with Crippen LogP contribution in [0, 0.1) is 0 Å². The van der Waals surface area contributed by atoms with Gasteiger partial charge in [0.25, 0.3) is 0 Å². The Labute approximate surface area is 104 Å². The number of hydrogen-bond donors (Lipinski definition) is 1. The van der Waals surface area contributed by atoms with E-state index in [1.807, 2.05) is 0 Å². The molecule has 3 nitrogen and oxygen atoms in total. The Morgan fingerprint density at radius 2 is 1.82 bits per heavy atom. The molecule has 1 fully saturated rings. The van der Waals surface area contributed by atoms with Crippen molar-refractivity contribution in [3.8, 4) is 0 Å². The third-order valence-corrected chi connectivity index (χ3v) is 3.79. The number of aliphatic carboxylic acids is 1. The fourth-order valence-electron chi connectivity index (χ4n) is 2.40. The molecule has 0 saturated heterocycles. The summed E-state index contributed by atoms with van der Waals surface area (Å²) in [5.41, 5.74) is -0.367. The van der Waals surface area contributed by atoms with Gasteiger partial charge in [0.1, 0.15) is 5.78 Å². The van der Waals surface area contributed by atoms with E-state index in [9.17, 15) is 14.7 Å². The average molecular weight is 253 g/mol. The zero-order valence-electron chi connectivity index (χ0n) is 9.28. The van der Waals surface area contributed by atoms with E-state index >= 15 is 0 Å². The van der Waals surface area contributed by atoms with Gasteiger partial charge in [-0.05, 0) is 24.5 Å². The highest BCUT2D eigenvalue weighted by Crippen LogP contribution is 2.41. The second-order valence-electron chi connectivity index (χ2n) is 4.41. The van der Waals surface area contributed by atoms with Gasteiger partial charge in [0.2, 0.25) is 0 Å². The van der Waals surface area contributed by atoms with Crippen molar-refractivity contribution in [2.45, 2.75) is 31.1 Å². The summed E-state index contributed by atoms with van der Waals surface area (Å²) in [6, 6.07) is 6.99. The minimum Gasteiger partial charge on any atom is -0.481 e. The number of carboxylic acids is 1. The minimum atomic E-state index is -0.994. The van der Waals surface area contributed by atoms with E-state index in [0.717, 1.165) is 0 Å². The Hall–Kier alpha value is -1.35. The number of Topliss-reactive ketones (excluding diaryl/α,β-unsaturated/α-hetero) is 1. The molecule has 1 N–H and O–H groups in total. The number of carboxylic acid groups (broad SMARTS) is 1. The van der Waals surface area contributed by atoms with Crippen LogP contribution in [0.3, 0.4) is 0 Å². The number of benzene rings is 1. The average Bonchev–Trinajstić information content (AvgIpc) is 2.31. The third-order valence-electron chi connectivity index (χ3n) is 3.46. The molecule has 0 unspecified atom stereocenters. The van der Waals surface area contributed by atoms with Crippen molar-refractivity contribution in [1.82, 2.24) is 0 Å². The third kappa shape index (κ3) is 2.07. The topological polar surface area (TPSA) is 54.4 Å². The lowest BCUT2D eigenvalue weighted by atomic mass is 9.69. The molecule has 0 bridgehead atoms. The van der Waals surface area contributed by atoms with Crippen molar-refractivity contribution in [3.63, 3.8) is 0 Å². The van der Waals surface area contributed by atoms with Crippen molar-refractivity contribution in [3.05, 3.63) is 34.9 Å². The first kappa shape index (κ1) is 12.1. The van der Waals surface area contributed by atoms with Crippen LogP contribution >= 0.6 is 11.6 Å². The van der Waals surface area contributed by atoms with E-state index in [4.69, 9.17) is 11.6 Å². The highest BCUT2D eigenvalue weighted by Gasteiger charge is 2.44. The van der Waals surface area contributed by atoms with Crippen molar-refractivity contribution in [2.75, 3.05) is 0 Å². The van der Waals surface area contributed by atoms with Gasteiger partial charge in [-0.1, -0.05) is 29.8 Å². The first-order valence-corrected chi connectivity index (χ1v) is 5.94. The molecular weight excluding hydrogens is 240 g/mol. The summed E-state index contributed by atoms with van der Waals surface area (Å²) in [5.74, 6) is -0.757. The van der Waals surface area contributed by atoms with Crippen LogP contribution in [0.5, 0.6) is 0 Å². The monoisotopic (exact) mass is 252 g/mol. The van der Waals surface area contributed by atoms with Crippen LogP contribution in [0.25, 0.3) is 0 Å². The number of halogens is 1. The quantitative estimate of drug-likeness (QED) is 0.881. The van der Waals surface area contributed by atoms with Gasteiger partial charge in [-0.3, -0.25) is 9.59 Å². The lowest BCUT2D eigenvalue weighted by Gasteiger charge is -2.33. The molecule has 0 aromatic heterocycles. The van der Waals surface area contributed by atoms with Gasteiger partial charge in [0, 0.05) is 17.9 Å². The SMILES string of the molecule is O=C1CCC(C(=O)O)(c2ccccc2Cl)CC1. The Bertz CT molecular complexity index is 457. The fraction of sp³-hybridized carbons (Fsp3) is 0.385. The number of ketones is 1. The van der Waals surface area contributed by atoms with Gasteiger partial charge in [0.05, 0.1) is 5.41 Å². The number of hydrogen-bond acceptors (Lipinski definition) is 2. The van der Waals surface area contributed by atoms with Gasteiger partial charge in [-0.25, -0.2) is 0 Å². The van der Waals surface area contributed by atoms with Crippen LogP contribution in [0.1, 0.15) is 31.2 Å². The first-order valence-electron chi connectivity index (χ1n) is 5.56. The normalized spacial score (nSPS) is 19.0. The van der Waals surface area contributed by atoms with E-state index in [1.165, 1.54) is 0 Å². The standard InChI is InChI=1S/C13H13ClO3/c14-11-4-2-1-3-10(11)13(12(16)17)7-5-9(15)6-8-13/h1-4H,5-8H2,(H,16,17). The maximum atomic E-state index is 11.6. The van der Waals surface area contributed by atoms with Gasteiger partial charge in [-0.2, -0.15) is 0 Å². The zero-order valence-corrected chi connectivity index (χ0v) is 10.0. The van der Waals surface area contributed by atoms with Crippen LogP contribution in [-0.4, -0.2) is 16.9 Å². The van der Waals surface area contributed by atoms with E-state index in [1.54, 1.807) is 24.3 Å². The minimum absolute atomic E-state index is 0.133. The molecule has 2 rings (SSSR count). The molecule has 1 aromatic rings. The van der Waals surface area contributed by atoms with Crippen LogP contribution < -0.4 is 0 Å². The summed E-state index contributed by atoms with van der Waals surface area (Å²) in [7, 11) is 0. The van der Waals surface area contributed by atoms with Crippen molar-refractivity contribution >= 4 is 23.4 Å². The van der Waals surface area contributed by atoms with Gasteiger partial charge in [0.15, 0.2) is 0 Å². The lowest BCUT2D eigenvalue weighted by Crippen LogP contribution is -2.40. The predicted molar refractivity (Wildman–Crippen MR) is 64.2 cm³/mol. The molecule has 0 atom stereocenters. The Morgan fingerprint density at radius 1 is 1.24 bits per heavy atom. The Balaban J connectivity index is 2.46. The smallest absolute Gasteiger partial charge is 0.314 e. The lowest BCUT2D eigenvalue weighted by molar-refractivity contribution is -0.146. The highest BCUT2D eigenvalue weighted by molar-refractivity contribution is 6.31. The summed E-state index contributed by atoms with van der Waals surface area (Å²) in [6.07, 6.45) is 1.31. The summed E-state index contributed by atoms with van der Waals surface area (Å²) < 4.78 is 0. The van der Waals surface area contributed by atoms with Crippen molar-refractivity contribution < 1.29 is 14.7 Å². The van der Waals surface area contributed by atoms with Crippen LogP contribution in [0.2, 0.25) is 5.02 Å². The first-order chi connectivity index (χ1) is 8.06. The number of carbonyl (C=O) groups is 2. The molecule has 0 heterocycles. The second-order valence-corrected chi connectivity index (χ2v) is 4.81. The van der Waals surface area contributed by atoms with Gasteiger partial charge < -0.3 is 5.11 Å². The van der Waals surface area contributed by atoms with Crippen molar-refractivity contribution in [1.29, 1.82) is 0 Å². The Morgan fingerprint density at radius 3 is 2.35 bits per heavy atom. The summed E-state index contributed by atoms with van der Waals surface area (Å²) in [4.78, 5) is 22.8.